The third kappa shape index (κ3) is 4.64. The molecule has 0 saturated carbocycles. The van der Waals surface area contributed by atoms with Crippen molar-refractivity contribution in [2.45, 2.75) is 13.0 Å². The molecule has 0 unspecified atom stereocenters. The molecule has 0 bridgehead atoms. The third-order valence-corrected chi connectivity index (χ3v) is 3.53. The van der Waals surface area contributed by atoms with Crippen LogP contribution in [0.1, 0.15) is 12.1 Å². The van der Waals surface area contributed by atoms with Crippen molar-refractivity contribution in [3.8, 4) is 0 Å². The van der Waals surface area contributed by atoms with Gasteiger partial charge in [-0.1, -0.05) is 0 Å². The normalized spacial score (nSPS) is 11.7. The van der Waals surface area contributed by atoms with Gasteiger partial charge in [-0.2, -0.15) is 11.8 Å². The quantitative estimate of drug-likeness (QED) is 0.485. The molecule has 1 N–H and O–H groups in total. The minimum atomic E-state index is 0.867. The number of aryl methyl sites for hydroxylation is 1. The highest BCUT2D eigenvalue weighted by molar-refractivity contribution is 7.98. The zero-order valence-electron chi connectivity index (χ0n) is 11.8. The van der Waals surface area contributed by atoms with Gasteiger partial charge in [0.25, 0.3) is 0 Å². The molecule has 18 heavy (non-hydrogen) atoms. The molecule has 0 aromatic carbocycles. The zero-order valence-corrected chi connectivity index (χ0v) is 12.6. The van der Waals surface area contributed by atoms with Crippen molar-refractivity contribution >= 4 is 17.7 Å². The topological polar surface area (TPSA) is 32.6 Å². The second kappa shape index (κ2) is 8.08. The van der Waals surface area contributed by atoms with E-state index in [2.05, 4.69) is 58.5 Å². The van der Waals surface area contributed by atoms with Gasteiger partial charge in [0.05, 0.1) is 6.54 Å². The largest absolute Gasteiger partial charge is 0.356 e. The van der Waals surface area contributed by atoms with Crippen molar-refractivity contribution in [2.24, 2.45) is 12.0 Å². The Labute approximate surface area is 114 Å². The molecular formula is C13H24N4S. The fourth-order valence-electron chi connectivity index (χ4n) is 1.78. The zero-order chi connectivity index (χ0) is 13.4. The summed E-state index contributed by atoms with van der Waals surface area (Å²) in [6.07, 6.45) is 5.37. The van der Waals surface area contributed by atoms with Crippen LogP contribution in [0, 0.1) is 0 Å². The Bertz CT molecular complexity index is 373. The van der Waals surface area contributed by atoms with E-state index in [1.54, 1.807) is 0 Å². The Morgan fingerprint density at radius 1 is 1.56 bits per heavy atom. The Morgan fingerprint density at radius 2 is 2.33 bits per heavy atom. The van der Waals surface area contributed by atoms with Gasteiger partial charge in [0, 0.05) is 39.6 Å². The van der Waals surface area contributed by atoms with Crippen molar-refractivity contribution in [1.29, 1.82) is 0 Å². The summed E-state index contributed by atoms with van der Waals surface area (Å²) >= 11 is 1.88. The first-order chi connectivity index (χ1) is 8.69. The summed E-state index contributed by atoms with van der Waals surface area (Å²) in [5, 5.41) is 3.39. The summed E-state index contributed by atoms with van der Waals surface area (Å²) in [4.78, 5) is 6.46. The lowest BCUT2D eigenvalue weighted by molar-refractivity contribution is 0.462. The molecule has 5 heteroatoms. The van der Waals surface area contributed by atoms with E-state index >= 15 is 0 Å². The molecule has 102 valence electrons. The van der Waals surface area contributed by atoms with Crippen LogP contribution in [0.15, 0.2) is 23.3 Å². The molecule has 1 rings (SSSR count). The number of aromatic nitrogens is 1. The number of nitrogens with zero attached hydrogens (tertiary/aromatic N) is 3. The summed E-state index contributed by atoms with van der Waals surface area (Å²) in [6, 6.07) is 4.20. The summed E-state index contributed by atoms with van der Waals surface area (Å²) in [5.74, 6) is 2.14. The first-order valence-electron chi connectivity index (χ1n) is 6.20. The average Bonchev–Trinajstić information content (AvgIpc) is 2.75. The summed E-state index contributed by atoms with van der Waals surface area (Å²) in [5.41, 5.74) is 1.28. The monoisotopic (exact) mass is 268 g/mol. The van der Waals surface area contributed by atoms with Crippen LogP contribution in [-0.2, 0) is 13.6 Å². The molecular weight excluding hydrogens is 244 g/mol. The fourth-order valence-corrected chi connectivity index (χ4v) is 2.21. The smallest absolute Gasteiger partial charge is 0.193 e. The molecule has 0 fully saturated rings. The second-order valence-electron chi connectivity index (χ2n) is 4.29. The van der Waals surface area contributed by atoms with Crippen molar-refractivity contribution in [2.75, 3.05) is 32.6 Å². The van der Waals surface area contributed by atoms with Crippen LogP contribution in [0.25, 0.3) is 0 Å². The summed E-state index contributed by atoms with van der Waals surface area (Å²) in [7, 11) is 5.97. The van der Waals surface area contributed by atoms with Crippen LogP contribution in [0.4, 0.5) is 0 Å². The SMILES string of the molecule is CN=C(NCCCSC)N(C)Cc1cccn1C. The fraction of sp³-hybridized carbons (Fsp3) is 0.615. The molecule has 1 aromatic heterocycles. The predicted octanol–water partition coefficient (Wildman–Crippen LogP) is 1.79. The maximum absolute atomic E-state index is 4.31. The van der Waals surface area contributed by atoms with Crippen LogP contribution in [0.3, 0.4) is 0 Å². The van der Waals surface area contributed by atoms with E-state index in [0.717, 1.165) is 25.5 Å². The van der Waals surface area contributed by atoms with E-state index in [0.29, 0.717) is 0 Å². The van der Waals surface area contributed by atoms with E-state index in [9.17, 15) is 0 Å². The molecule has 0 atom stereocenters. The lowest BCUT2D eigenvalue weighted by Gasteiger charge is -2.22. The molecule has 4 nitrogen and oxygen atoms in total. The number of thioether (sulfide) groups is 1. The Hall–Kier alpha value is -1.10. The predicted molar refractivity (Wildman–Crippen MR) is 81.2 cm³/mol. The van der Waals surface area contributed by atoms with Gasteiger partial charge >= 0.3 is 0 Å². The number of hydrogen-bond donors (Lipinski definition) is 1. The van der Waals surface area contributed by atoms with Gasteiger partial charge < -0.3 is 14.8 Å². The number of aliphatic imine (C=N–C) groups is 1. The van der Waals surface area contributed by atoms with E-state index in [1.165, 1.54) is 11.4 Å². The molecule has 0 radical (unpaired) electrons. The number of rotatable bonds is 6. The van der Waals surface area contributed by atoms with E-state index < -0.39 is 0 Å². The van der Waals surface area contributed by atoms with E-state index in [-0.39, 0.29) is 0 Å². The minimum Gasteiger partial charge on any atom is -0.356 e. The molecule has 0 spiro atoms. The Morgan fingerprint density at radius 3 is 2.89 bits per heavy atom. The van der Waals surface area contributed by atoms with Crippen LogP contribution in [0.5, 0.6) is 0 Å². The van der Waals surface area contributed by atoms with Crippen LogP contribution >= 0.6 is 11.8 Å². The Kier molecular flexibility index (Phi) is 6.72. The number of nitrogens with one attached hydrogen (secondary N) is 1. The molecule has 0 amide bonds. The van der Waals surface area contributed by atoms with Crippen molar-refractivity contribution in [3.05, 3.63) is 24.0 Å². The summed E-state index contributed by atoms with van der Waals surface area (Å²) in [6.45, 7) is 1.84. The third-order valence-electron chi connectivity index (χ3n) is 2.83. The van der Waals surface area contributed by atoms with Gasteiger partial charge in [0.2, 0.25) is 0 Å². The highest BCUT2D eigenvalue weighted by atomic mass is 32.2. The van der Waals surface area contributed by atoms with Gasteiger partial charge in [0.15, 0.2) is 5.96 Å². The summed E-state index contributed by atoms with van der Waals surface area (Å²) < 4.78 is 2.14. The molecule has 1 heterocycles. The number of guanidine groups is 1. The van der Waals surface area contributed by atoms with Crippen molar-refractivity contribution < 1.29 is 0 Å². The van der Waals surface area contributed by atoms with Crippen LogP contribution in [0.2, 0.25) is 0 Å². The second-order valence-corrected chi connectivity index (χ2v) is 5.27. The molecule has 0 aliphatic rings. The average molecular weight is 268 g/mol. The molecule has 1 aromatic rings. The van der Waals surface area contributed by atoms with Crippen LogP contribution in [-0.4, -0.2) is 48.1 Å². The highest BCUT2D eigenvalue weighted by Gasteiger charge is 2.07. The standard InChI is InChI=1S/C13H24N4S/c1-14-13(15-8-6-10-18-4)17(3)11-12-7-5-9-16(12)2/h5,7,9H,6,8,10-11H2,1-4H3,(H,14,15). The Balaban J connectivity index is 2.43. The lowest BCUT2D eigenvalue weighted by atomic mass is 10.4. The van der Waals surface area contributed by atoms with E-state index in [1.807, 2.05) is 18.8 Å². The molecule has 0 saturated heterocycles. The van der Waals surface area contributed by atoms with Crippen molar-refractivity contribution in [1.82, 2.24) is 14.8 Å². The lowest BCUT2D eigenvalue weighted by Crippen LogP contribution is -2.39. The highest BCUT2D eigenvalue weighted by Crippen LogP contribution is 2.03. The van der Waals surface area contributed by atoms with Gasteiger partial charge in [0.1, 0.15) is 0 Å². The first kappa shape index (κ1) is 15.0. The van der Waals surface area contributed by atoms with Crippen molar-refractivity contribution in [3.63, 3.8) is 0 Å². The van der Waals surface area contributed by atoms with E-state index in [4.69, 9.17) is 0 Å². The molecule has 0 aliphatic heterocycles. The van der Waals surface area contributed by atoms with Gasteiger partial charge in [-0.15, -0.1) is 0 Å². The minimum absolute atomic E-state index is 0.867. The molecule has 0 aliphatic carbocycles. The van der Waals surface area contributed by atoms with Gasteiger partial charge in [-0.3, -0.25) is 4.99 Å². The van der Waals surface area contributed by atoms with Gasteiger partial charge in [-0.05, 0) is 30.6 Å². The first-order valence-corrected chi connectivity index (χ1v) is 7.59. The number of hydrogen-bond acceptors (Lipinski definition) is 2. The maximum atomic E-state index is 4.31. The maximum Gasteiger partial charge on any atom is 0.193 e. The van der Waals surface area contributed by atoms with Gasteiger partial charge in [-0.25, -0.2) is 0 Å². The van der Waals surface area contributed by atoms with Crippen LogP contribution < -0.4 is 5.32 Å².